The number of halogens is 2. The van der Waals surface area contributed by atoms with Crippen LogP contribution in [0.4, 0.5) is 0 Å². The van der Waals surface area contributed by atoms with Gasteiger partial charge >= 0.3 is 0 Å². The molecule has 5 nitrogen and oxygen atoms in total. The fourth-order valence-electron chi connectivity index (χ4n) is 3.25. The molecule has 1 unspecified atom stereocenters. The maximum atomic E-state index is 13.2. The van der Waals surface area contributed by atoms with E-state index >= 15 is 0 Å². The van der Waals surface area contributed by atoms with E-state index in [1.54, 1.807) is 25.1 Å². The van der Waals surface area contributed by atoms with Crippen LogP contribution in [0.1, 0.15) is 52.2 Å². The summed E-state index contributed by atoms with van der Waals surface area (Å²) in [4.78, 5) is 27.3. The minimum atomic E-state index is -0.676. The average Bonchev–Trinajstić information content (AvgIpc) is 2.75. The Bertz CT molecular complexity index is 941. The van der Waals surface area contributed by atoms with E-state index in [1.807, 2.05) is 31.2 Å². The number of ether oxygens (including phenoxy) is 1. The third-order valence-electron chi connectivity index (χ3n) is 5.10. The zero-order valence-electron chi connectivity index (χ0n) is 19.4. The predicted octanol–water partition coefficient (Wildman–Crippen LogP) is 5.61. The zero-order chi connectivity index (χ0) is 23.9. The van der Waals surface area contributed by atoms with E-state index < -0.39 is 6.04 Å². The van der Waals surface area contributed by atoms with Crippen molar-refractivity contribution in [2.24, 2.45) is 0 Å². The second kappa shape index (κ2) is 11.6. The third-order valence-corrected chi connectivity index (χ3v) is 5.84. The van der Waals surface area contributed by atoms with Crippen LogP contribution in [0.15, 0.2) is 42.5 Å². The molecule has 0 aliphatic rings. The van der Waals surface area contributed by atoms with Crippen LogP contribution < -0.4 is 10.1 Å². The predicted molar refractivity (Wildman–Crippen MR) is 130 cm³/mol. The van der Waals surface area contributed by atoms with Crippen molar-refractivity contribution in [1.29, 1.82) is 0 Å². The first-order valence-electron chi connectivity index (χ1n) is 10.8. The van der Waals surface area contributed by atoms with E-state index in [2.05, 4.69) is 26.1 Å². The summed E-state index contributed by atoms with van der Waals surface area (Å²) in [6, 6.07) is 12.2. The second-order valence-electron chi connectivity index (χ2n) is 8.77. The highest BCUT2D eigenvalue weighted by Gasteiger charge is 2.27. The van der Waals surface area contributed by atoms with Gasteiger partial charge in [0.15, 0.2) is 6.61 Å². The van der Waals surface area contributed by atoms with Crippen LogP contribution in [0.3, 0.4) is 0 Å². The number of hydrogen-bond acceptors (Lipinski definition) is 3. The summed E-state index contributed by atoms with van der Waals surface area (Å²) in [7, 11) is 0. The Hall–Kier alpha value is -2.24. The van der Waals surface area contributed by atoms with E-state index in [4.69, 9.17) is 27.9 Å². The number of benzene rings is 2. The number of carbonyl (C=O) groups excluding carboxylic acids is 2. The topological polar surface area (TPSA) is 58.6 Å². The molecular formula is C25H32Cl2N2O3. The second-order valence-corrected chi connectivity index (χ2v) is 9.59. The van der Waals surface area contributed by atoms with Crippen LogP contribution in [-0.4, -0.2) is 35.9 Å². The maximum Gasteiger partial charge on any atom is 0.261 e. The molecular weight excluding hydrogens is 447 g/mol. The molecule has 0 bridgehead atoms. The van der Waals surface area contributed by atoms with Gasteiger partial charge in [0.25, 0.3) is 5.91 Å². The molecule has 0 aliphatic heterocycles. The number of hydrogen-bond donors (Lipinski definition) is 1. The van der Waals surface area contributed by atoms with Crippen molar-refractivity contribution in [3.8, 4) is 5.75 Å². The van der Waals surface area contributed by atoms with Crippen LogP contribution in [0, 0.1) is 0 Å². The standard InChI is InChI=1S/C25H32Cl2N2O3/c1-6-13-28-24(31)17(2)29(15-18-11-12-20(26)21(27)14-18)23(30)16-32-22-10-8-7-9-19(22)25(3,4)5/h7-12,14,17H,6,13,15-16H2,1-5H3,(H,28,31). The zero-order valence-corrected chi connectivity index (χ0v) is 20.9. The molecule has 0 saturated carbocycles. The number of carbonyl (C=O) groups is 2. The summed E-state index contributed by atoms with van der Waals surface area (Å²) in [5, 5.41) is 3.69. The van der Waals surface area contributed by atoms with Gasteiger partial charge in [-0.2, -0.15) is 0 Å². The lowest BCUT2D eigenvalue weighted by Gasteiger charge is -2.29. The number of rotatable bonds is 9. The van der Waals surface area contributed by atoms with Crippen LogP contribution in [0.5, 0.6) is 5.75 Å². The molecule has 0 spiro atoms. The largest absolute Gasteiger partial charge is 0.483 e. The molecule has 0 radical (unpaired) electrons. The first-order valence-corrected chi connectivity index (χ1v) is 11.5. The average molecular weight is 479 g/mol. The smallest absolute Gasteiger partial charge is 0.261 e. The number of nitrogens with zero attached hydrogens (tertiary/aromatic N) is 1. The molecule has 174 valence electrons. The van der Waals surface area contributed by atoms with Crippen molar-refractivity contribution in [2.45, 2.75) is 59.0 Å². The summed E-state index contributed by atoms with van der Waals surface area (Å²) in [5.74, 6) is 0.153. The Labute approximate surface area is 201 Å². The van der Waals surface area contributed by atoms with Gasteiger partial charge in [0, 0.05) is 13.1 Å². The minimum Gasteiger partial charge on any atom is -0.483 e. The first kappa shape index (κ1) is 26.0. The van der Waals surface area contributed by atoms with Crippen molar-refractivity contribution >= 4 is 35.0 Å². The lowest BCUT2D eigenvalue weighted by atomic mass is 9.86. The van der Waals surface area contributed by atoms with Gasteiger partial charge in [0.05, 0.1) is 10.0 Å². The molecule has 0 aliphatic carbocycles. The van der Waals surface area contributed by atoms with Crippen molar-refractivity contribution in [3.63, 3.8) is 0 Å². The van der Waals surface area contributed by atoms with Gasteiger partial charge in [0.1, 0.15) is 11.8 Å². The van der Waals surface area contributed by atoms with E-state index in [-0.39, 0.29) is 30.4 Å². The SMILES string of the molecule is CCCNC(=O)C(C)N(Cc1ccc(Cl)c(Cl)c1)C(=O)COc1ccccc1C(C)(C)C. The molecule has 1 atom stereocenters. The van der Waals surface area contributed by atoms with E-state index in [1.165, 1.54) is 4.90 Å². The van der Waals surface area contributed by atoms with E-state index in [0.29, 0.717) is 22.3 Å². The molecule has 2 aromatic rings. The van der Waals surface area contributed by atoms with Crippen LogP contribution in [-0.2, 0) is 21.5 Å². The Morgan fingerprint density at radius 3 is 2.41 bits per heavy atom. The van der Waals surface area contributed by atoms with Crippen LogP contribution >= 0.6 is 23.2 Å². The van der Waals surface area contributed by atoms with Crippen LogP contribution in [0.2, 0.25) is 10.0 Å². The summed E-state index contributed by atoms with van der Waals surface area (Å²) in [5.41, 5.74) is 1.66. The molecule has 0 aromatic heterocycles. The minimum absolute atomic E-state index is 0.132. The molecule has 0 heterocycles. The van der Waals surface area contributed by atoms with E-state index in [0.717, 1.165) is 17.5 Å². The van der Waals surface area contributed by atoms with Gasteiger partial charge in [-0.3, -0.25) is 9.59 Å². The highest BCUT2D eigenvalue weighted by molar-refractivity contribution is 6.42. The van der Waals surface area contributed by atoms with Gasteiger partial charge in [0.2, 0.25) is 5.91 Å². The summed E-state index contributed by atoms with van der Waals surface area (Å²) in [6.07, 6.45) is 0.811. The van der Waals surface area contributed by atoms with Gasteiger partial charge in [-0.25, -0.2) is 0 Å². The van der Waals surface area contributed by atoms with E-state index in [9.17, 15) is 9.59 Å². The summed E-state index contributed by atoms with van der Waals surface area (Å²) >= 11 is 12.2. The number of amides is 2. The molecule has 32 heavy (non-hydrogen) atoms. The Kier molecular flexibility index (Phi) is 9.41. The highest BCUT2D eigenvalue weighted by Crippen LogP contribution is 2.31. The third kappa shape index (κ3) is 7.14. The van der Waals surface area contributed by atoms with Crippen molar-refractivity contribution in [3.05, 3.63) is 63.6 Å². The van der Waals surface area contributed by atoms with Crippen molar-refractivity contribution < 1.29 is 14.3 Å². The normalized spacial score (nSPS) is 12.2. The molecule has 2 rings (SSSR count). The fourth-order valence-corrected chi connectivity index (χ4v) is 3.57. The Morgan fingerprint density at radius 2 is 1.78 bits per heavy atom. The molecule has 1 N–H and O–H groups in total. The van der Waals surface area contributed by atoms with Gasteiger partial charge in [-0.1, -0.05) is 75.2 Å². The molecule has 7 heteroatoms. The summed E-state index contributed by atoms with van der Waals surface area (Å²) < 4.78 is 5.93. The lowest BCUT2D eigenvalue weighted by molar-refractivity contribution is -0.142. The maximum absolute atomic E-state index is 13.2. The van der Waals surface area contributed by atoms with Crippen molar-refractivity contribution in [2.75, 3.05) is 13.2 Å². The monoisotopic (exact) mass is 478 g/mol. The Balaban J connectivity index is 2.23. The van der Waals surface area contributed by atoms with Crippen molar-refractivity contribution in [1.82, 2.24) is 10.2 Å². The molecule has 0 fully saturated rings. The fraction of sp³-hybridized carbons (Fsp3) is 0.440. The number of nitrogens with one attached hydrogen (secondary N) is 1. The van der Waals surface area contributed by atoms with Gasteiger partial charge in [-0.15, -0.1) is 0 Å². The Morgan fingerprint density at radius 1 is 1.09 bits per heavy atom. The lowest BCUT2D eigenvalue weighted by Crippen LogP contribution is -2.49. The first-order chi connectivity index (χ1) is 15.0. The molecule has 2 aromatic carbocycles. The van der Waals surface area contributed by atoms with Crippen LogP contribution in [0.25, 0.3) is 0 Å². The van der Waals surface area contributed by atoms with Gasteiger partial charge < -0.3 is 15.0 Å². The number of para-hydroxylation sites is 1. The quantitative estimate of drug-likeness (QED) is 0.509. The van der Waals surface area contributed by atoms with Gasteiger partial charge in [-0.05, 0) is 48.1 Å². The highest BCUT2D eigenvalue weighted by atomic mass is 35.5. The molecule has 2 amide bonds. The summed E-state index contributed by atoms with van der Waals surface area (Å²) in [6.45, 7) is 10.5. The molecule has 0 saturated heterocycles.